The molecule has 0 amide bonds. The van der Waals surface area contributed by atoms with Crippen LogP contribution < -0.4 is 5.32 Å². The van der Waals surface area contributed by atoms with Crippen LogP contribution in [0, 0.1) is 0 Å². The maximum atomic E-state index is 3.88. The molecule has 0 unspecified atom stereocenters. The zero-order valence-corrected chi connectivity index (χ0v) is 22.8. The van der Waals surface area contributed by atoms with Crippen molar-refractivity contribution in [2.45, 2.75) is 19.3 Å². The van der Waals surface area contributed by atoms with E-state index >= 15 is 0 Å². The van der Waals surface area contributed by atoms with E-state index in [0.29, 0.717) is 0 Å². The third kappa shape index (κ3) is 3.38. The van der Waals surface area contributed by atoms with Crippen LogP contribution in [0.15, 0.2) is 121 Å². The molecule has 6 aromatic carbocycles. The molecule has 0 fully saturated rings. The molecular formula is C37H27NS. The normalized spacial score (nSPS) is 13.6. The van der Waals surface area contributed by atoms with Crippen molar-refractivity contribution in [1.29, 1.82) is 0 Å². The molecule has 0 saturated carbocycles. The molecule has 8 rings (SSSR count). The first kappa shape index (κ1) is 22.6. The molecule has 1 N–H and O–H groups in total. The van der Waals surface area contributed by atoms with Gasteiger partial charge in [-0.25, -0.2) is 0 Å². The Hall–Kier alpha value is -4.40. The van der Waals surface area contributed by atoms with Gasteiger partial charge in [0.1, 0.15) is 0 Å². The van der Waals surface area contributed by atoms with E-state index in [9.17, 15) is 0 Å². The van der Waals surface area contributed by atoms with E-state index in [4.69, 9.17) is 0 Å². The van der Waals surface area contributed by atoms with Crippen LogP contribution in [0.25, 0.3) is 53.2 Å². The average Bonchev–Trinajstić information content (AvgIpc) is 3.45. The third-order valence-corrected chi connectivity index (χ3v) is 9.61. The fourth-order valence-electron chi connectivity index (χ4n) is 6.48. The number of hydrogen-bond acceptors (Lipinski definition) is 2. The van der Waals surface area contributed by atoms with Crippen LogP contribution in [0.4, 0.5) is 11.4 Å². The lowest BCUT2D eigenvalue weighted by Crippen LogP contribution is -2.14. The minimum Gasteiger partial charge on any atom is -0.354 e. The van der Waals surface area contributed by atoms with Gasteiger partial charge in [0.25, 0.3) is 0 Å². The Morgan fingerprint density at radius 2 is 1.28 bits per heavy atom. The maximum Gasteiger partial charge on any atom is 0.0543 e. The van der Waals surface area contributed by atoms with Gasteiger partial charge in [-0.05, 0) is 57.5 Å². The molecule has 0 aliphatic heterocycles. The van der Waals surface area contributed by atoms with E-state index in [1.165, 1.54) is 64.3 Å². The minimum atomic E-state index is 0.00865. The topological polar surface area (TPSA) is 12.0 Å². The largest absolute Gasteiger partial charge is 0.354 e. The van der Waals surface area contributed by atoms with E-state index in [0.717, 1.165) is 11.4 Å². The van der Waals surface area contributed by atoms with E-state index in [1.54, 1.807) is 0 Å². The molecule has 2 heteroatoms. The van der Waals surface area contributed by atoms with Crippen LogP contribution in [0.5, 0.6) is 0 Å². The van der Waals surface area contributed by atoms with Gasteiger partial charge in [-0.2, -0.15) is 0 Å². The first-order chi connectivity index (χ1) is 19.1. The van der Waals surface area contributed by atoms with Crippen LogP contribution in [0.1, 0.15) is 25.0 Å². The summed E-state index contributed by atoms with van der Waals surface area (Å²) in [5, 5.41) is 9.01. The number of hydrogen-bond donors (Lipinski definition) is 1. The highest BCUT2D eigenvalue weighted by atomic mass is 32.1. The summed E-state index contributed by atoms with van der Waals surface area (Å²) in [5.41, 5.74) is 10.2. The summed E-state index contributed by atoms with van der Waals surface area (Å²) >= 11 is 1.87. The highest BCUT2D eigenvalue weighted by Crippen LogP contribution is 2.50. The minimum absolute atomic E-state index is 0.00865. The van der Waals surface area contributed by atoms with Crippen LogP contribution >= 0.6 is 11.3 Å². The Labute approximate surface area is 232 Å². The van der Waals surface area contributed by atoms with Crippen molar-refractivity contribution >= 4 is 53.7 Å². The van der Waals surface area contributed by atoms with Gasteiger partial charge >= 0.3 is 0 Å². The molecular weight excluding hydrogens is 490 g/mol. The third-order valence-electron chi connectivity index (χ3n) is 8.47. The van der Waals surface area contributed by atoms with Gasteiger partial charge in [0.2, 0.25) is 0 Å². The zero-order valence-electron chi connectivity index (χ0n) is 22.0. The molecule has 0 atom stereocenters. The van der Waals surface area contributed by atoms with Crippen molar-refractivity contribution < 1.29 is 0 Å². The first-order valence-electron chi connectivity index (χ1n) is 13.5. The summed E-state index contributed by atoms with van der Waals surface area (Å²) in [4.78, 5) is 0. The molecule has 1 aliphatic rings. The number of benzene rings is 6. The molecule has 0 radical (unpaired) electrons. The maximum absolute atomic E-state index is 3.88. The Bertz CT molecular complexity index is 2080. The van der Waals surface area contributed by atoms with Crippen molar-refractivity contribution in [2.24, 2.45) is 0 Å². The van der Waals surface area contributed by atoms with Crippen molar-refractivity contribution in [3.63, 3.8) is 0 Å². The van der Waals surface area contributed by atoms with E-state index in [1.807, 2.05) is 11.3 Å². The smallest absolute Gasteiger partial charge is 0.0543 e. The Kier molecular flexibility index (Phi) is 4.80. The summed E-state index contributed by atoms with van der Waals surface area (Å²) in [6.07, 6.45) is 0. The Morgan fingerprint density at radius 3 is 2.21 bits per heavy atom. The highest BCUT2D eigenvalue weighted by Gasteiger charge is 2.35. The van der Waals surface area contributed by atoms with Gasteiger partial charge in [0, 0.05) is 42.2 Å². The van der Waals surface area contributed by atoms with Crippen molar-refractivity contribution in [2.75, 3.05) is 5.32 Å². The van der Waals surface area contributed by atoms with Gasteiger partial charge in [-0.15, -0.1) is 11.3 Å². The molecule has 0 bridgehead atoms. The molecule has 0 spiro atoms. The van der Waals surface area contributed by atoms with Gasteiger partial charge in [-0.3, -0.25) is 0 Å². The number of thiophene rings is 1. The summed E-state index contributed by atoms with van der Waals surface area (Å²) in [7, 11) is 0. The predicted octanol–water partition coefficient (Wildman–Crippen LogP) is 10.9. The number of fused-ring (bicyclic) bond motifs is 7. The van der Waals surface area contributed by atoms with Crippen LogP contribution in [-0.2, 0) is 5.41 Å². The molecule has 1 nitrogen and oxygen atoms in total. The summed E-state index contributed by atoms with van der Waals surface area (Å²) in [6, 6.07) is 44.5. The fourth-order valence-corrected chi connectivity index (χ4v) is 7.63. The Morgan fingerprint density at radius 1 is 0.538 bits per heavy atom. The van der Waals surface area contributed by atoms with E-state index < -0.39 is 0 Å². The fraction of sp³-hybridized carbons (Fsp3) is 0.0811. The molecule has 7 aromatic rings. The van der Waals surface area contributed by atoms with Crippen molar-refractivity contribution in [3.05, 3.63) is 132 Å². The first-order valence-corrected chi connectivity index (χ1v) is 14.3. The second-order valence-corrected chi connectivity index (χ2v) is 12.2. The van der Waals surface area contributed by atoms with Crippen LogP contribution in [-0.4, -0.2) is 0 Å². The lowest BCUT2D eigenvalue weighted by molar-refractivity contribution is 0.660. The summed E-state index contributed by atoms with van der Waals surface area (Å²) in [5.74, 6) is 0. The van der Waals surface area contributed by atoms with Gasteiger partial charge in [0.15, 0.2) is 0 Å². The van der Waals surface area contributed by atoms with Gasteiger partial charge < -0.3 is 5.32 Å². The predicted molar refractivity (Wildman–Crippen MR) is 170 cm³/mol. The monoisotopic (exact) mass is 517 g/mol. The Balaban J connectivity index is 1.30. The van der Waals surface area contributed by atoms with Crippen molar-refractivity contribution in [1.82, 2.24) is 0 Å². The molecule has 1 aliphatic carbocycles. The zero-order chi connectivity index (χ0) is 26.1. The molecule has 1 heterocycles. The molecule has 0 saturated heterocycles. The molecule has 39 heavy (non-hydrogen) atoms. The second kappa shape index (κ2) is 8.30. The summed E-state index contributed by atoms with van der Waals surface area (Å²) in [6.45, 7) is 4.66. The number of rotatable bonds is 3. The molecule has 1 aromatic heterocycles. The van der Waals surface area contributed by atoms with Crippen molar-refractivity contribution in [3.8, 4) is 22.3 Å². The standard InChI is InChI=1S/C37H27NS/c1-37(2)32-13-7-5-11-28(32)31-22-25(17-20-33(31)37)38-36-26-10-4-3-9-23(26)15-18-27(36)24-16-19-30-29-12-6-8-14-34(29)39-35(30)21-24/h3-22,38H,1-2H3. The molecule has 186 valence electrons. The SMILES string of the molecule is CC1(C)c2ccccc2-c2cc(Nc3c(-c4ccc5c(c4)sc4ccccc45)ccc4ccccc34)ccc21. The van der Waals surface area contributed by atoms with E-state index in [-0.39, 0.29) is 5.41 Å². The summed E-state index contributed by atoms with van der Waals surface area (Å²) < 4.78 is 2.66. The average molecular weight is 518 g/mol. The van der Waals surface area contributed by atoms with Crippen LogP contribution in [0.2, 0.25) is 0 Å². The number of nitrogens with one attached hydrogen (secondary N) is 1. The van der Waals surface area contributed by atoms with E-state index in [2.05, 4.69) is 140 Å². The lowest BCUT2D eigenvalue weighted by atomic mass is 9.82. The lowest BCUT2D eigenvalue weighted by Gasteiger charge is -2.21. The van der Waals surface area contributed by atoms with Crippen LogP contribution in [0.3, 0.4) is 0 Å². The second-order valence-electron chi connectivity index (χ2n) is 11.1. The van der Waals surface area contributed by atoms with Gasteiger partial charge in [-0.1, -0.05) is 111 Å². The number of anilines is 2. The highest BCUT2D eigenvalue weighted by molar-refractivity contribution is 7.25. The van der Waals surface area contributed by atoms with Gasteiger partial charge in [0.05, 0.1) is 5.69 Å². The quantitative estimate of drug-likeness (QED) is 0.246.